The van der Waals surface area contributed by atoms with E-state index in [1.807, 2.05) is 0 Å². The molecule has 0 spiro atoms. The highest BCUT2D eigenvalue weighted by molar-refractivity contribution is 5.70. The van der Waals surface area contributed by atoms with Crippen LogP contribution >= 0.6 is 0 Å². The molecule has 2 fully saturated rings. The topological polar surface area (TPSA) is 55.8 Å². The van der Waals surface area contributed by atoms with Crippen molar-refractivity contribution in [1.29, 1.82) is 0 Å². The Labute approximate surface area is 151 Å². The Hall–Kier alpha value is -1.59. The second kappa shape index (κ2) is 8.68. The molecule has 1 aliphatic carbocycles. The van der Waals surface area contributed by atoms with Crippen LogP contribution in [0.15, 0.2) is 30.3 Å². The molecule has 0 aromatic heterocycles. The van der Waals surface area contributed by atoms with Gasteiger partial charge in [0, 0.05) is 50.5 Å². The van der Waals surface area contributed by atoms with Gasteiger partial charge in [0.1, 0.15) is 0 Å². The van der Waals surface area contributed by atoms with Gasteiger partial charge >= 0.3 is 5.97 Å². The molecule has 2 aliphatic rings. The van der Waals surface area contributed by atoms with E-state index in [9.17, 15) is 4.79 Å². The van der Waals surface area contributed by atoms with E-state index in [0.717, 1.165) is 58.4 Å². The molecule has 1 heterocycles. The summed E-state index contributed by atoms with van der Waals surface area (Å²) >= 11 is 0. The molecule has 1 saturated carbocycles. The predicted octanol–water partition coefficient (Wildman–Crippen LogP) is 2.43. The maximum absolute atomic E-state index is 11.0. The molecule has 2 N–H and O–H groups in total. The first-order valence-electron chi connectivity index (χ1n) is 9.63. The standard InChI is InChI=1S/C20H31N3O2/c1-16(21-18-9-7-17(8-10-18)20(24)25)15-22-11-13-23(14-12-22)19-5-3-2-4-6-19/h2-6,16-18,21H,7-15H2,1H3,(H,24,25). The molecule has 5 heteroatoms. The van der Waals surface area contributed by atoms with E-state index < -0.39 is 5.97 Å². The van der Waals surface area contributed by atoms with Crippen LogP contribution in [-0.2, 0) is 4.79 Å². The number of piperazine rings is 1. The zero-order valence-corrected chi connectivity index (χ0v) is 15.2. The van der Waals surface area contributed by atoms with Gasteiger partial charge in [0.05, 0.1) is 5.92 Å². The molecule has 1 saturated heterocycles. The molecule has 0 radical (unpaired) electrons. The molecule has 138 valence electrons. The van der Waals surface area contributed by atoms with E-state index in [1.165, 1.54) is 5.69 Å². The van der Waals surface area contributed by atoms with Gasteiger partial charge in [-0.05, 0) is 44.7 Å². The summed E-state index contributed by atoms with van der Waals surface area (Å²) in [5.74, 6) is -0.748. The zero-order valence-electron chi connectivity index (χ0n) is 15.2. The normalized spacial score (nSPS) is 26.4. The smallest absolute Gasteiger partial charge is 0.306 e. The van der Waals surface area contributed by atoms with Crippen molar-refractivity contribution in [3.05, 3.63) is 30.3 Å². The molecule has 5 nitrogen and oxygen atoms in total. The van der Waals surface area contributed by atoms with Crippen LogP contribution < -0.4 is 10.2 Å². The lowest BCUT2D eigenvalue weighted by Crippen LogP contribution is -2.51. The Morgan fingerprint density at radius 2 is 1.76 bits per heavy atom. The first-order chi connectivity index (χ1) is 12.1. The van der Waals surface area contributed by atoms with Gasteiger partial charge in [-0.2, -0.15) is 0 Å². The number of carbonyl (C=O) groups is 1. The molecule has 1 atom stereocenters. The quantitative estimate of drug-likeness (QED) is 0.829. The van der Waals surface area contributed by atoms with Crippen LogP contribution in [0.5, 0.6) is 0 Å². The average molecular weight is 345 g/mol. The maximum Gasteiger partial charge on any atom is 0.306 e. The summed E-state index contributed by atoms with van der Waals surface area (Å²) in [6, 6.07) is 11.6. The second-order valence-corrected chi connectivity index (χ2v) is 7.58. The van der Waals surface area contributed by atoms with E-state index in [1.54, 1.807) is 0 Å². The highest BCUT2D eigenvalue weighted by Gasteiger charge is 2.27. The van der Waals surface area contributed by atoms with Crippen molar-refractivity contribution in [2.45, 2.75) is 44.7 Å². The molecular formula is C20H31N3O2. The van der Waals surface area contributed by atoms with Gasteiger partial charge in [0.25, 0.3) is 0 Å². The first kappa shape index (κ1) is 18.2. The number of para-hydroxylation sites is 1. The van der Waals surface area contributed by atoms with E-state index >= 15 is 0 Å². The maximum atomic E-state index is 11.0. The van der Waals surface area contributed by atoms with Gasteiger partial charge in [-0.15, -0.1) is 0 Å². The third-order valence-corrected chi connectivity index (χ3v) is 5.62. The highest BCUT2D eigenvalue weighted by atomic mass is 16.4. The first-order valence-corrected chi connectivity index (χ1v) is 9.63. The Morgan fingerprint density at radius 1 is 1.12 bits per heavy atom. The van der Waals surface area contributed by atoms with Crippen molar-refractivity contribution >= 4 is 11.7 Å². The molecule has 0 bridgehead atoms. The van der Waals surface area contributed by atoms with Gasteiger partial charge in [-0.1, -0.05) is 18.2 Å². The van der Waals surface area contributed by atoms with Crippen LogP contribution in [0.1, 0.15) is 32.6 Å². The number of rotatable bonds is 6. The third-order valence-electron chi connectivity index (χ3n) is 5.62. The van der Waals surface area contributed by atoms with Crippen molar-refractivity contribution in [2.24, 2.45) is 5.92 Å². The van der Waals surface area contributed by atoms with Crippen LogP contribution in [0.4, 0.5) is 5.69 Å². The molecule has 1 unspecified atom stereocenters. The number of nitrogens with zero attached hydrogens (tertiary/aromatic N) is 2. The van der Waals surface area contributed by atoms with Gasteiger partial charge in [-0.3, -0.25) is 9.69 Å². The minimum Gasteiger partial charge on any atom is -0.481 e. The number of hydrogen-bond donors (Lipinski definition) is 2. The van der Waals surface area contributed by atoms with Crippen LogP contribution in [0.3, 0.4) is 0 Å². The fourth-order valence-corrected chi connectivity index (χ4v) is 4.18. The molecular weight excluding hydrogens is 314 g/mol. The van der Waals surface area contributed by atoms with Gasteiger partial charge < -0.3 is 15.3 Å². The van der Waals surface area contributed by atoms with E-state index in [4.69, 9.17) is 5.11 Å². The molecule has 1 aromatic rings. The summed E-state index contributed by atoms with van der Waals surface area (Å²) in [5.41, 5.74) is 1.32. The Kier molecular flexibility index (Phi) is 6.32. The lowest BCUT2D eigenvalue weighted by atomic mass is 9.86. The van der Waals surface area contributed by atoms with Crippen LogP contribution in [-0.4, -0.2) is 60.8 Å². The lowest BCUT2D eigenvalue weighted by Gasteiger charge is -2.38. The summed E-state index contributed by atoms with van der Waals surface area (Å²) in [7, 11) is 0. The number of nitrogens with one attached hydrogen (secondary N) is 1. The minimum absolute atomic E-state index is 0.126. The van der Waals surface area contributed by atoms with Gasteiger partial charge in [0.15, 0.2) is 0 Å². The Morgan fingerprint density at radius 3 is 2.36 bits per heavy atom. The van der Waals surface area contributed by atoms with Crippen molar-refractivity contribution in [3.8, 4) is 0 Å². The average Bonchev–Trinajstić information content (AvgIpc) is 2.63. The lowest BCUT2D eigenvalue weighted by molar-refractivity contribution is -0.142. The number of carboxylic acid groups (broad SMARTS) is 1. The predicted molar refractivity (Wildman–Crippen MR) is 101 cm³/mol. The van der Waals surface area contributed by atoms with Crippen molar-refractivity contribution in [2.75, 3.05) is 37.6 Å². The summed E-state index contributed by atoms with van der Waals surface area (Å²) < 4.78 is 0. The van der Waals surface area contributed by atoms with Crippen molar-refractivity contribution in [1.82, 2.24) is 10.2 Å². The summed E-state index contributed by atoms with van der Waals surface area (Å²) in [6.07, 6.45) is 3.61. The molecule has 1 aromatic carbocycles. The molecule has 1 aliphatic heterocycles. The fourth-order valence-electron chi connectivity index (χ4n) is 4.18. The summed E-state index contributed by atoms with van der Waals surface area (Å²) in [5, 5.41) is 12.8. The van der Waals surface area contributed by atoms with Gasteiger partial charge in [0.2, 0.25) is 0 Å². The van der Waals surface area contributed by atoms with Crippen molar-refractivity contribution < 1.29 is 9.90 Å². The number of carboxylic acids is 1. The Bertz CT molecular complexity index is 535. The monoisotopic (exact) mass is 345 g/mol. The number of benzene rings is 1. The third kappa shape index (κ3) is 5.19. The van der Waals surface area contributed by atoms with Crippen LogP contribution in [0.2, 0.25) is 0 Å². The minimum atomic E-state index is -0.622. The number of aliphatic carboxylic acids is 1. The van der Waals surface area contributed by atoms with Crippen LogP contribution in [0.25, 0.3) is 0 Å². The fraction of sp³-hybridized carbons (Fsp3) is 0.650. The van der Waals surface area contributed by atoms with E-state index in [-0.39, 0.29) is 5.92 Å². The van der Waals surface area contributed by atoms with Crippen LogP contribution in [0, 0.1) is 5.92 Å². The zero-order chi connectivity index (χ0) is 17.6. The molecule has 25 heavy (non-hydrogen) atoms. The SMILES string of the molecule is CC(CN1CCN(c2ccccc2)CC1)NC1CCC(C(=O)O)CC1. The largest absolute Gasteiger partial charge is 0.481 e. The molecule has 0 amide bonds. The second-order valence-electron chi connectivity index (χ2n) is 7.58. The summed E-state index contributed by atoms with van der Waals surface area (Å²) in [4.78, 5) is 16.0. The molecule has 3 rings (SSSR count). The van der Waals surface area contributed by atoms with Gasteiger partial charge in [-0.25, -0.2) is 0 Å². The Balaban J connectivity index is 1.37. The van der Waals surface area contributed by atoms with E-state index in [0.29, 0.717) is 12.1 Å². The number of anilines is 1. The number of hydrogen-bond acceptors (Lipinski definition) is 4. The summed E-state index contributed by atoms with van der Waals surface area (Å²) in [6.45, 7) is 7.70. The van der Waals surface area contributed by atoms with E-state index in [2.05, 4.69) is 52.4 Å². The van der Waals surface area contributed by atoms with Crippen molar-refractivity contribution in [3.63, 3.8) is 0 Å². The highest BCUT2D eigenvalue weighted by Crippen LogP contribution is 2.24.